The molecule has 0 heterocycles. The van der Waals surface area contributed by atoms with Crippen LogP contribution in [0.3, 0.4) is 0 Å². The summed E-state index contributed by atoms with van der Waals surface area (Å²) in [6.45, 7) is 2.05. The first-order valence-corrected chi connectivity index (χ1v) is 7.46. The van der Waals surface area contributed by atoms with Gasteiger partial charge >= 0.3 is 59.1 Å². The molecule has 0 aliphatic carbocycles. The van der Waals surface area contributed by atoms with Crippen LogP contribution in [0.5, 0.6) is 0 Å². The SMILES string of the molecule is CCCCc1ccc2ccccc2c1S(=O)(=O)O.[H-].[H-].[Na+].[Na+]. The summed E-state index contributed by atoms with van der Waals surface area (Å²) in [6, 6.07) is 10.9. The summed E-state index contributed by atoms with van der Waals surface area (Å²) in [5.41, 5.74) is 0.693. The molecule has 0 fully saturated rings. The fraction of sp³-hybridized carbons (Fsp3) is 0.286. The van der Waals surface area contributed by atoms with E-state index in [1.165, 1.54) is 0 Å². The predicted octanol–water partition coefficient (Wildman–Crippen LogP) is -2.34. The van der Waals surface area contributed by atoms with Crippen molar-refractivity contribution in [2.24, 2.45) is 0 Å². The van der Waals surface area contributed by atoms with Gasteiger partial charge in [0, 0.05) is 5.39 Å². The van der Waals surface area contributed by atoms with Crippen LogP contribution in [0, 0.1) is 0 Å². The van der Waals surface area contributed by atoms with E-state index >= 15 is 0 Å². The van der Waals surface area contributed by atoms with Crippen LogP contribution in [0.25, 0.3) is 10.8 Å². The summed E-state index contributed by atoms with van der Waals surface area (Å²) in [5.74, 6) is 0. The van der Waals surface area contributed by atoms with Gasteiger partial charge in [0.2, 0.25) is 0 Å². The van der Waals surface area contributed by atoms with Crippen molar-refractivity contribution in [3.8, 4) is 0 Å². The molecule has 1 N–H and O–H groups in total. The van der Waals surface area contributed by atoms with Gasteiger partial charge in [-0.3, -0.25) is 4.55 Å². The monoisotopic (exact) mass is 312 g/mol. The van der Waals surface area contributed by atoms with Gasteiger partial charge < -0.3 is 2.85 Å². The summed E-state index contributed by atoms with van der Waals surface area (Å²) in [6.07, 6.45) is 2.55. The van der Waals surface area contributed by atoms with Crippen LogP contribution >= 0.6 is 0 Å². The van der Waals surface area contributed by atoms with Gasteiger partial charge in [0.25, 0.3) is 10.1 Å². The summed E-state index contributed by atoms with van der Waals surface area (Å²) in [7, 11) is -4.19. The molecule has 100 valence electrons. The summed E-state index contributed by atoms with van der Waals surface area (Å²) in [5, 5.41) is 1.42. The zero-order valence-electron chi connectivity index (χ0n) is 14.3. The average molecular weight is 312 g/mol. The second-order valence-electron chi connectivity index (χ2n) is 4.35. The molecule has 0 unspecified atom stereocenters. The van der Waals surface area contributed by atoms with Gasteiger partial charge in [-0.05, 0) is 23.8 Å². The first-order chi connectivity index (χ1) is 8.54. The third-order valence-corrected chi connectivity index (χ3v) is 4.02. The van der Waals surface area contributed by atoms with Crippen LogP contribution in [0.15, 0.2) is 41.3 Å². The maximum Gasteiger partial charge on any atom is 1.00 e. The molecule has 0 spiro atoms. The molecule has 0 amide bonds. The summed E-state index contributed by atoms with van der Waals surface area (Å²) >= 11 is 0. The van der Waals surface area contributed by atoms with E-state index < -0.39 is 10.1 Å². The van der Waals surface area contributed by atoms with Crippen molar-refractivity contribution < 1.29 is 74.9 Å². The van der Waals surface area contributed by atoms with Crippen molar-refractivity contribution in [1.82, 2.24) is 0 Å². The summed E-state index contributed by atoms with van der Waals surface area (Å²) in [4.78, 5) is 0.0639. The Morgan fingerprint density at radius 3 is 2.35 bits per heavy atom. The Labute approximate surface area is 167 Å². The number of benzene rings is 2. The van der Waals surface area contributed by atoms with Crippen LogP contribution in [0.4, 0.5) is 0 Å². The van der Waals surface area contributed by atoms with Gasteiger partial charge in [0.15, 0.2) is 0 Å². The second kappa shape index (κ2) is 8.91. The number of aryl methyl sites for hydroxylation is 1. The van der Waals surface area contributed by atoms with E-state index in [4.69, 9.17) is 0 Å². The molecule has 2 rings (SSSR count). The van der Waals surface area contributed by atoms with E-state index in [9.17, 15) is 13.0 Å². The van der Waals surface area contributed by atoms with Gasteiger partial charge in [-0.15, -0.1) is 0 Å². The third-order valence-electron chi connectivity index (χ3n) is 3.02. The van der Waals surface area contributed by atoms with Crippen molar-refractivity contribution in [2.75, 3.05) is 0 Å². The van der Waals surface area contributed by atoms with E-state index in [0.717, 1.165) is 18.2 Å². The van der Waals surface area contributed by atoms with Gasteiger partial charge in [-0.1, -0.05) is 49.7 Å². The molecule has 0 aliphatic rings. The molecular weight excluding hydrogens is 294 g/mol. The number of unbranched alkanes of at least 4 members (excludes halogenated alkanes) is 1. The smallest absolute Gasteiger partial charge is 1.00 e. The quantitative estimate of drug-likeness (QED) is 0.509. The van der Waals surface area contributed by atoms with E-state index in [-0.39, 0.29) is 66.9 Å². The molecule has 20 heavy (non-hydrogen) atoms. The van der Waals surface area contributed by atoms with Crippen LogP contribution in [-0.2, 0) is 16.5 Å². The minimum Gasteiger partial charge on any atom is -1.00 e. The van der Waals surface area contributed by atoms with Crippen LogP contribution in [-0.4, -0.2) is 13.0 Å². The van der Waals surface area contributed by atoms with E-state index in [1.807, 2.05) is 25.1 Å². The Morgan fingerprint density at radius 2 is 1.75 bits per heavy atom. The summed E-state index contributed by atoms with van der Waals surface area (Å²) < 4.78 is 32.6. The molecule has 2 aromatic rings. The Bertz CT molecular complexity index is 679. The van der Waals surface area contributed by atoms with E-state index in [1.54, 1.807) is 18.2 Å². The molecule has 3 nitrogen and oxygen atoms in total. The van der Waals surface area contributed by atoms with Gasteiger partial charge in [0.05, 0.1) is 0 Å². The number of rotatable bonds is 4. The topological polar surface area (TPSA) is 54.4 Å². The first-order valence-electron chi connectivity index (χ1n) is 6.02. The number of hydrogen-bond acceptors (Lipinski definition) is 2. The molecule has 0 aromatic heterocycles. The third kappa shape index (κ3) is 4.82. The largest absolute Gasteiger partial charge is 1.00 e. The fourth-order valence-electron chi connectivity index (χ4n) is 2.16. The molecule has 0 saturated carbocycles. The first kappa shape index (κ1) is 20.6. The Morgan fingerprint density at radius 1 is 1.10 bits per heavy atom. The minimum atomic E-state index is -4.19. The predicted molar refractivity (Wildman–Crippen MR) is 74.6 cm³/mol. The van der Waals surface area contributed by atoms with Crippen LogP contribution in [0.2, 0.25) is 0 Å². The maximum absolute atomic E-state index is 11.6. The molecule has 0 bridgehead atoms. The number of hydrogen-bond donors (Lipinski definition) is 1. The molecule has 0 saturated heterocycles. The van der Waals surface area contributed by atoms with Gasteiger partial charge in [0.1, 0.15) is 4.90 Å². The normalized spacial score (nSPS) is 10.7. The van der Waals surface area contributed by atoms with Gasteiger partial charge in [-0.25, -0.2) is 0 Å². The Hall–Kier alpha value is 0.610. The van der Waals surface area contributed by atoms with E-state index in [2.05, 4.69) is 0 Å². The molecule has 2 aromatic carbocycles. The van der Waals surface area contributed by atoms with Crippen LogP contribution in [0.1, 0.15) is 28.2 Å². The maximum atomic E-state index is 11.6. The molecule has 0 radical (unpaired) electrons. The second-order valence-corrected chi connectivity index (χ2v) is 5.71. The van der Waals surface area contributed by atoms with Crippen molar-refractivity contribution in [3.05, 3.63) is 42.0 Å². The molecule has 6 heteroatoms. The Kier molecular flexibility index (Phi) is 9.18. The molecular formula is C14H18Na2O3S. The van der Waals surface area contributed by atoms with Crippen molar-refractivity contribution in [1.29, 1.82) is 0 Å². The van der Waals surface area contributed by atoms with Crippen LogP contribution < -0.4 is 59.1 Å². The molecule has 0 atom stereocenters. The zero-order chi connectivity index (χ0) is 13.2. The fourth-order valence-corrected chi connectivity index (χ4v) is 3.12. The van der Waals surface area contributed by atoms with Crippen molar-refractivity contribution in [3.63, 3.8) is 0 Å². The number of fused-ring (bicyclic) bond motifs is 1. The standard InChI is InChI=1S/C14H16O3S.2Na.2H/c1-2-3-6-12-10-9-11-7-4-5-8-13(11)14(12)18(15,16)17;;;;/h4-5,7-10H,2-3,6H2,1H3,(H,15,16,17);;;;/q;2*+1;2*-1. The van der Waals surface area contributed by atoms with E-state index in [0.29, 0.717) is 17.4 Å². The average Bonchev–Trinajstić information content (AvgIpc) is 2.34. The van der Waals surface area contributed by atoms with Crippen molar-refractivity contribution in [2.45, 2.75) is 31.1 Å². The van der Waals surface area contributed by atoms with Crippen molar-refractivity contribution >= 4 is 20.9 Å². The zero-order valence-corrected chi connectivity index (χ0v) is 17.1. The Balaban J connectivity index is -0.000000902. The van der Waals surface area contributed by atoms with Gasteiger partial charge in [-0.2, -0.15) is 8.42 Å². The minimum absolute atomic E-state index is 0. The molecule has 0 aliphatic heterocycles.